The molecule has 2 heterocycles. The standard InChI is InChI=1S/C58H50BN3/c1-58(2,3)45-30-34-49(35-31-45)62-55-26-16-25-54-57(55)59(51-37-36-50(40-56(51)62)60(46-21-12-6-13-22-46)47-23-14-7-15-24-47)52-39-44(42-19-10-5-11-20-42)29-38-53(52)61(54)48-32-27-43(28-33-48)41-17-8-4-9-18-41/h4-23,25-40,47,55,57H,24H2,1-3H3. The van der Waals surface area contributed by atoms with E-state index < -0.39 is 0 Å². The molecule has 2 aliphatic heterocycles. The molecule has 0 radical (unpaired) electrons. The highest BCUT2D eigenvalue weighted by Gasteiger charge is 2.52. The van der Waals surface area contributed by atoms with Gasteiger partial charge in [0.2, 0.25) is 6.71 Å². The summed E-state index contributed by atoms with van der Waals surface area (Å²) >= 11 is 0. The second-order valence-electron chi connectivity index (χ2n) is 18.1. The molecule has 2 aliphatic carbocycles. The van der Waals surface area contributed by atoms with Crippen LogP contribution < -0.4 is 25.6 Å². The average molecular weight is 800 g/mol. The Morgan fingerprint density at radius 2 is 1.18 bits per heavy atom. The minimum absolute atomic E-state index is 0.0511. The molecule has 3 unspecified atom stereocenters. The van der Waals surface area contributed by atoms with Gasteiger partial charge in [-0.1, -0.05) is 179 Å². The summed E-state index contributed by atoms with van der Waals surface area (Å²) in [6.07, 6.45) is 17.1. The second-order valence-corrected chi connectivity index (χ2v) is 18.1. The van der Waals surface area contributed by atoms with Crippen LogP contribution in [-0.4, -0.2) is 18.8 Å². The molecule has 0 aromatic heterocycles. The van der Waals surface area contributed by atoms with E-state index in [-0.39, 0.29) is 30.0 Å². The number of rotatable bonds is 7. The Bertz CT molecular complexity index is 2870. The number of allylic oxidation sites excluding steroid dienone is 4. The number of para-hydroxylation sites is 1. The van der Waals surface area contributed by atoms with Crippen molar-refractivity contribution < 1.29 is 0 Å². The molecule has 11 rings (SSSR count). The maximum absolute atomic E-state index is 2.65. The summed E-state index contributed by atoms with van der Waals surface area (Å²) in [5.74, 6) is 0.143. The molecular weight excluding hydrogens is 749 g/mol. The van der Waals surface area contributed by atoms with Crippen molar-refractivity contribution in [2.75, 3.05) is 14.7 Å². The van der Waals surface area contributed by atoms with Gasteiger partial charge in [0.05, 0.1) is 12.1 Å². The molecule has 7 aromatic rings. The molecule has 300 valence electrons. The molecule has 0 saturated heterocycles. The van der Waals surface area contributed by atoms with E-state index in [9.17, 15) is 0 Å². The third-order valence-corrected chi connectivity index (χ3v) is 13.4. The number of anilines is 6. The summed E-state index contributed by atoms with van der Waals surface area (Å²) in [5, 5.41) is 0. The van der Waals surface area contributed by atoms with E-state index in [0.29, 0.717) is 0 Å². The molecule has 3 nitrogen and oxygen atoms in total. The fraction of sp³-hybridized carbons (Fsp3) is 0.138. The van der Waals surface area contributed by atoms with E-state index >= 15 is 0 Å². The van der Waals surface area contributed by atoms with Crippen molar-refractivity contribution in [1.29, 1.82) is 0 Å². The van der Waals surface area contributed by atoms with E-state index in [0.717, 1.165) is 6.42 Å². The van der Waals surface area contributed by atoms with Crippen LogP contribution in [0.5, 0.6) is 0 Å². The van der Waals surface area contributed by atoms with Crippen molar-refractivity contribution in [3.63, 3.8) is 0 Å². The smallest absolute Gasteiger partial charge is 0.226 e. The SMILES string of the molecule is CC(C)(C)c1ccc(N2c3cc(N(c4ccccc4)C4C=CC=CC4)ccc3B3c4cc(-c5ccccc5)ccc4N(c4ccc(-c5ccccc5)cc4)C4=CC=CC2C34)cc1. The van der Waals surface area contributed by atoms with Gasteiger partial charge in [-0.25, -0.2) is 0 Å². The van der Waals surface area contributed by atoms with Crippen molar-refractivity contribution >= 4 is 51.8 Å². The van der Waals surface area contributed by atoms with Gasteiger partial charge in [-0.05, 0) is 111 Å². The molecule has 4 heteroatoms. The van der Waals surface area contributed by atoms with E-state index in [1.54, 1.807) is 0 Å². The van der Waals surface area contributed by atoms with Crippen molar-refractivity contribution in [2.45, 2.75) is 50.5 Å². The van der Waals surface area contributed by atoms with Crippen LogP contribution in [0.15, 0.2) is 224 Å². The van der Waals surface area contributed by atoms with Gasteiger partial charge >= 0.3 is 0 Å². The largest absolute Gasteiger partial charge is 0.335 e. The molecule has 0 amide bonds. The quantitative estimate of drug-likeness (QED) is 0.149. The first kappa shape index (κ1) is 37.9. The van der Waals surface area contributed by atoms with Gasteiger partial charge in [0.15, 0.2) is 0 Å². The summed E-state index contributed by atoms with van der Waals surface area (Å²) in [7, 11) is 0. The van der Waals surface area contributed by atoms with Crippen molar-refractivity contribution in [3.05, 3.63) is 230 Å². The Labute approximate surface area is 367 Å². The summed E-state index contributed by atoms with van der Waals surface area (Å²) in [5.41, 5.74) is 17.6. The summed E-state index contributed by atoms with van der Waals surface area (Å²) in [4.78, 5) is 7.73. The zero-order valence-corrected chi connectivity index (χ0v) is 35.6. The number of hydrogen-bond acceptors (Lipinski definition) is 3. The van der Waals surface area contributed by atoms with Gasteiger partial charge in [0.1, 0.15) is 0 Å². The van der Waals surface area contributed by atoms with Crippen LogP contribution in [0, 0.1) is 0 Å². The number of hydrogen-bond donors (Lipinski definition) is 0. The molecule has 62 heavy (non-hydrogen) atoms. The monoisotopic (exact) mass is 799 g/mol. The van der Waals surface area contributed by atoms with Crippen LogP contribution >= 0.6 is 0 Å². The Balaban J connectivity index is 1.14. The number of fused-ring (bicyclic) bond motifs is 4. The maximum Gasteiger partial charge on any atom is 0.226 e. The lowest BCUT2D eigenvalue weighted by Crippen LogP contribution is -2.63. The van der Waals surface area contributed by atoms with Crippen LogP contribution in [0.1, 0.15) is 32.8 Å². The lowest BCUT2D eigenvalue weighted by Gasteiger charge is -2.53. The lowest BCUT2D eigenvalue weighted by atomic mass is 9.28. The van der Waals surface area contributed by atoms with Crippen LogP contribution in [0.25, 0.3) is 22.3 Å². The molecular formula is C58H50BN3. The molecule has 0 saturated carbocycles. The Morgan fingerprint density at radius 1 is 0.532 bits per heavy atom. The van der Waals surface area contributed by atoms with E-state index in [1.165, 1.54) is 78.6 Å². The van der Waals surface area contributed by atoms with E-state index in [4.69, 9.17) is 0 Å². The topological polar surface area (TPSA) is 9.72 Å². The first-order valence-electron chi connectivity index (χ1n) is 22.2. The predicted molar refractivity (Wildman–Crippen MR) is 265 cm³/mol. The second kappa shape index (κ2) is 15.5. The normalized spacial score (nSPS) is 18.5. The zero-order valence-electron chi connectivity index (χ0n) is 35.6. The number of benzene rings is 7. The number of nitrogens with zero attached hydrogens (tertiary/aromatic N) is 3. The van der Waals surface area contributed by atoms with E-state index in [2.05, 4.69) is 254 Å². The maximum atomic E-state index is 2.65. The van der Waals surface area contributed by atoms with E-state index in [1.807, 2.05) is 0 Å². The summed E-state index contributed by atoms with van der Waals surface area (Å²) in [6.45, 7) is 7.01. The Kier molecular flexibility index (Phi) is 9.46. The van der Waals surface area contributed by atoms with Gasteiger partial charge in [-0.15, -0.1) is 0 Å². The summed E-state index contributed by atoms with van der Waals surface area (Å²) in [6, 6.07) is 65.8. The predicted octanol–water partition coefficient (Wildman–Crippen LogP) is 13.4. The molecule has 0 bridgehead atoms. The molecule has 7 aromatic carbocycles. The average Bonchev–Trinajstić information content (AvgIpc) is 3.32. The van der Waals surface area contributed by atoms with Gasteiger partial charge in [-0.3, -0.25) is 0 Å². The lowest BCUT2D eigenvalue weighted by molar-refractivity contribution is 0.590. The van der Waals surface area contributed by atoms with Crippen LogP contribution in [0.4, 0.5) is 34.1 Å². The first-order valence-corrected chi connectivity index (χ1v) is 22.2. The highest BCUT2D eigenvalue weighted by atomic mass is 15.2. The fourth-order valence-electron chi connectivity index (χ4n) is 10.4. The van der Waals surface area contributed by atoms with Gasteiger partial charge in [-0.2, -0.15) is 0 Å². The van der Waals surface area contributed by atoms with Crippen molar-refractivity contribution in [3.8, 4) is 22.3 Å². The van der Waals surface area contributed by atoms with Crippen molar-refractivity contribution in [2.24, 2.45) is 0 Å². The van der Waals surface area contributed by atoms with Crippen LogP contribution in [0.2, 0.25) is 5.82 Å². The zero-order chi connectivity index (χ0) is 41.8. The van der Waals surface area contributed by atoms with Gasteiger partial charge in [0, 0.05) is 45.6 Å². The summed E-state index contributed by atoms with van der Waals surface area (Å²) < 4.78 is 0. The first-order chi connectivity index (χ1) is 30.4. The molecule has 0 spiro atoms. The van der Waals surface area contributed by atoms with Crippen molar-refractivity contribution in [1.82, 2.24) is 0 Å². The van der Waals surface area contributed by atoms with Gasteiger partial charge < -0.3 is 14.7 Å². The minimum Gasteiger partial charge on any atom is -0.335 e. The van der Waals surface area contributed by atoms with Crippen LogP contribution in [-0.2, 0) is 5.41 Å². The third kappa shape index (κ3) is 6.62. The molecule has 3 atom stereocenters. The van der Waals surface area contributed by atoms with Gasteiger partial charge in [0.25, 0.3) is 0 Å². The Morgan fingerprint density at radius 3 is 1.85 bits per heavy atom. The molecule has 0 fully saturated rings. The fourth-order valence-corrected chi connectivity index (χ4v) is 10.4. The molecule has 4 aliphatic rings. The third-order valence-electron chi connectivity index (χ3n) is 13.4. The highest BCUT2D eigenvalue weighted by Crippen LogP contribution is 2.51. The highest BCUT2D eigenvalue weighted by molar-refractivity contribution is 6.90. The van der Waals surface area contributed by atoms with Crippen LogP contribution in [0.3, 0.4) is 0 Å². The molecule has 0 N–H and O–H groups in total. The minimum atomic E-state index is 0.0511. The Hall–Kier alpha value is -7.04.